The molecule has 0 saturated heterocycles. The van der Waals surface area contributed by atoms with E-state index in [9.17, 15) is 13.9 Å². The summed E-state index contributed by atoms with van der Waals surface area (Å²) in [6, 6.07) is 8.85. The Labute approximate surface area is 134 Å². The number of aliphatic hydroxyl groups excluding tert-OH is 1. The predicted molar refractivity (Wildman–Crippen MR) is 82.3 cm³/mol. The molecule has 0 fully saturated rings. The Balaban J connectivity index is 2.41. The van der Waals surface area contributed by atoms with Gasteiger partial charge in [0.15, 0.2) is 0 Å². The fraction of sp³-hybridized carbons (Fsp3) is 0.200. The average Bonchev–Trinajstić information content (AvgIpc) is 2.40. The van der Waals surface area contributed by atoms with E-state index in [0.717, 1.165) is 12.1 Å². The number of hydrogen-bond donors (Lipinski definition) is 2. The quantitative estimate of drug-likeness (QED) is 0.842. The Kier molecular flexibility index (Phi) is 5.32. The zero-order chi connectivity index (χ0) is 15.6. The molecule has 2 aromatic rings. The lowest BCUT2D eigenvalue weighted by molar-refractivity contribution is 0.138. The van der Waals surface area contributed by atoms with Gasteiger partial charge in [-0.15, -0.1) is 0 Å². The van der Waals surface area contributed by atoms with Crippen molar-refractivity contribution in [2.75, 3.05) is 6.54 Å². The van der Waals surface area contributed by atoms with Gasteiger partial charge in [-0.2, -0.15) is 0 Å². The minimum Gasteiger partial charge on any atom is -0.388 e. The monoisotopic (exact) mass is 375 g/mol. The molecule has 0 aliphatic heterocycles. The van der Waals surface area contributed by atoms with Crippen LogP contribution in [0.25, 0.3) is 0 Å². The van der Waals surface area contributed by atoms with Gasteiger partial charge in [-0.1, -0.05) is 39.7 Å². The van der Waals surface area contributed by atoms with Crippen LogP contribution in [0.3, 0.4) is 0 Å². The van der Waals surface area contributed by atoms with Gasteiger partial charge in [-0.25, -0.2) is 8.78 Å². The molecule has 3 N–H and O–H groups in total. The number of rotatable bonds is 4. The molecular formula is C15H13BrClF2NO. The molecule has 0 bridgehead atoms. The summed E-state index contributed by atoms with van der Waals surface area (Å²) in [7, 11) is 0. The van der Waals surface area contributed by atoms with Crippen LogP contribution in [0.2, 0.25) is 5.02 Å². The molecule has 2 atom stereocenters. The Morgan fingerprint density at radius 1 is 1.14 bits per heavy atom. The zero-order valence-electron chi connectivity index (χ0n) is 10.9. The van der Waals surface area contributed by atoms with E-state index in [-0.39, 0.29) is 16.6 Å². The Morgan fingerprint density at radius 3 is 2.14 bits per heavy atom. The summed E-state index contributed by atoms with van der Waals surface area (Å²) >= 11 is 8.81. The van der Waals surface area contributed by atoms with Crippen LogP contribution in [0.5, 0.6) is 0 Å². The summed E-state index contributed by atoms with van der Waals surface area (Å²) in [4.78, 5) is 0. The van der Waals surface area contributed by atoms with Gasteiger partial charge in [0.2, 0.25) is 0 Å². The number of halogens is 4. The van der Waals surface area contributed by atoms with Crippen LogP contribution in [0.1, 0.15) is 23.1 Å². The summed E-state index contributed by atoms with van der Waals surface area (Å²) in [5.74, 6) is -2.27. The van der Waals surface area contributed by atoms with Gasteiger partial charge >= 0.3 is 0 Å². The lowest BCUT2D eigenvalue weighted by Crippen LogP contribution is -2.22. The van der Waals surface area contributed by atoms with Crippen molar-refractivity contribution in [2.24, 2.45) is 5.73 Å². The lowest BCUT2D eigenvalue weighted by Gasteiger charge is -2.23. The standard InChI is InChI=1S/C15H13BrClF2NO/c16-9-5-12(18)14(13(19)6-9)15(21)11(7-20)8-1-3-10(17)4-2-8/h1-6,11,15,21H,7,20H2. The van der Waals surface area contributed by atoms with Gasteiger partial charge < -0.3 is 10.8 Å². The van der Waals surface area contributed by atoms with E-state index in [4.69, 9.17) is 17.3 Å². The van der Waals surface area contributed by atoms with Crippen LogP contribution in [-0.2, 0) is 0 Å². The van der Waals surface area contributed by atoms with Crippen molar-refractivity contribution in [2.45, 2.75) is 12.0 Å². The maximum atomic E-state index is 13.9. The zero-order valence-corrected chi connectivity index (χ0v) is 13.2. The van der Waals surface area contributed by atoms with Crippen molar-refractivity contribution in [1.29, 1.82) is 0 Å². The molecule has 21 heavy (non-hydrogen) atoms. The first kappa shape index (κ1) is 16.4. The molecule has 6 heteroatoms. The smallest absolute Gasteiger partial charge is 0.133 e. The topological polar surface area (TPSA) is 46.2 Å². The predicted octanol–water partition coefficient (Wildman–Crippen LogP) is 4.16. The van der Waals surface area contributed by atoms with Gasteiger partial charge in [-0.05, 0) is 29.8 Å². The molecule has 0 spiro atoms. The molecule has 112 valence electrons. The maximum Gasteiger partial charge on any atom is 0.133 e. The molecule has 2 rings (SSSR count). The molecule has 2 aromatic carbocycles. The maximum absolute atomic E-state index is 13.9. The Hall–Kier alpha value is -1.01. The van der Waals surface area contributed by atoms with Crippen LogP contribution >= 0.6 is 27.5 Å². The summed E-state index contributed by atoms with van der Waals surface area (Å²) in [6.45, 7) is 0.0394. The van der Waals surface area contributed by atoms with Crippen LogP contribution in [0.4, 0.5) is 8.78 Å². The average molecular weight is 377 g/mol. The molecule has 0 saturated carbocycles. The normalized spacial score (nSPS) is 14.0. The van der Waals surface area contributed by atoms with Gasteiger partial charge in [-0.3, -0.25) is 0 Å². The Bertz CT molecular complexity index is 613. The number of aliphatic hydroxyl groups is 1. The van der Waals surface area contributed by atoms with Crippen molar-refractivity contribution in [3.05, 3.63) is 68.7 Å². The second-order valence-electron chi connectivity index (χ2n) is 4.62. The number of benzene rings is 2. The third-order valence-electron chi connectivity index (χ3n) is 3.27. The SMILES string of the molecule is NCC(c1ccc(Cl)cc1)C(O)c1c(F)cc(Br)cc1F. The van der Waals surface area contributed by atoms with Crippen LogP contribution < -0.4 is 5.73 Å². The minimum atomic E-state index is -1.38. The van der Waals surface area contributed by atoms with E-state index in [1.165, 1.54) is 0 Å². The van der Waals surface area contributed by atoms with Gasteiger partial charge in [0.1, 0.15) is 11.6 Å². The first-order valence-corrected chi connectivity index (χ1v) is 7.39. The molecule has 0 aliphatic carbocycles. The summed E-state index contributed by atoms with van der Waals surface area (Å²) in [5.41, 5.74) is 5.94. The lowest BCUT2D eigenvalue weighted by atomic mass is 9.89. The van der Waals surface area contributed by atoms with Gasteiger partial charge in [0, 0.05) is 22.0 Å². The highest BCUT2D eigenvalue weighted by Crippen LogP contribution is 2.34. The van der Waals surface area contributed by atoms with Crippen molar-refractivity contribution >= 4 is 27.5 Å². The third-order valence-corrected chi connectivity index (χ3v) is 3.98. The highest BCUT2D eigenvalue weighted by molar-refractivity contribution is 9.10. The summed E-state index contributed by atoms with van der Waals surface area (Å²) in [6.07, 6.45) is -1.38. The van der Waals surface area contributed by atoms with Crippen molar-refractivity contribution in [1.82, 2.24) is 0 Å². The van der Waals surface area contributed by atoms with Gasteiger partial charge in [0.05, 0.1) is 11.7 Å². The third kappa shape index (κ3) is 3.61. The fourth-order valence-electron chi connectivity index (χ4n) is 2.19. The van der Waals surface area contributed by atoms with Crippen LogP contribution in [0, 0.1) is 11.6 Å². The second kappa shape index (κ2) is 6.83. The molecule has 0 aromatic heterocycles. The van der Waals surface area contributed by atoms with Gasteiger partial charge in [0.25, 0.3) is 0 Å². The van der Waals surface area contributed by atoms with Crippen LogP contribution in [0.15, 0.2) is 40.9 Å². The molecule has 0 radical (unpaired) electrons. The van der Waals surface area contributed by atoms with E-state index in [1.807, 2.05) is 0 Å². The molecule has 0 amide bonds. The highest BCUT2D eigenvalue weighted by atomic mass is 79.9. The summed E-state index contributed by atoms with van der Waals surface area (Å²) in [5, 5.41) is 10.9. The fourth-order valence-corrected chi connectivity index (χ4v) is 2.72. The summed E-state index contributed by atoms with van der Waals surface area (Å²) < 4.78 is 28.2. The van der Waals surface area contributed by atoms with Crippen LogP contribution in [-0.4, -0.2) is 11.7 Å². The van der Waals surface area contributed by atoms with E-state index < -0.39 is 23.7 Å². The number of hydrogen-bond acceptors (Lipinski definition) is 2. The largest absolute Gasteiger partial charge is 0.388 e. The van der Waals surface area contributed by atoms with Crippen molar-refractivity contribution in [3.63, 3.8) is 0 Å². The molecule has 2 nitrogen and oxygen atoms in total. The minimum absolute atomic E-state index is 0.0394. The van der Waals surface area contributed by atoms with E-state index in [0.29, 0.717) is 10.6 Å². The van der Waals surface area contributed by atoms with Crippen molar-refractivity contribution in [3.8, 4) is 0 Å². The van der Waals surface area contributed by atoms with E-state index >= 15 is 0 Å². The molecule has 0 aliphatic rings. The highest BCUT2D eigenvalue weighted by Gasteiger charge is 2.27. The van der Waals surface area contributed by atoms with Crippen molar-refractivity contribution < 1.29 is 13.9 Å². The molecular weight excluding hydrogens is 364 g/mol. The first-order valence-electron chi connectivity index (χ1n) is 6.22. The number of nitrogens with two attached hydrogens (primary N) is 1. The molecule has 0 heterocycles. The first-order chi connectivity index (χ1) is 9.93. The Morgan fingerprint density at radius 2 is 1.67 bits per heavy atom. The van der Waals surface area contributed by atoms with E-state index in [2.05, 4.69) is 15.9 Å². The van der Waals surface area contributed by atoms with E-state index in [1.54, 1.807) is 24.3 Å². The second-order valence-corrected chi connectivity index (χ2v) is 5.97. The molecule has 2 unspecified atom stereocenters.